The molecule has 0 fully saturated rings. The molecule has 1 heterocycles. The number of imidazole rings is 1. The summed E-state index contributed by atoms with van der Waals surface area (Å²) < 4.78 is 5.07. The Balaban J connectivity index is 2.66. The fourth-order valence-electron chi connectivity index (χ4n) is 1.37. The average Bonchev–Trinajstić information content (AvgIpc) is 2.67. The molecule has 1 unspecified atom stereocenters. The third kappa shape index (κ3) is 4.67. The van der Waals surface area contributed by atoms with Gasteiger partial charge in [0.2, 0.25) is 5.91 Å². The number of hydrogen-bond donors (Lipinski definition) is 2. The SMILES string of the molecule is CC(=O)NC(Cc1cnc[nH]1)C(=O)OC(C)C. The predicted molar refractivity (Wildman–Crippen MR) is 61.1 cm³/mol. The first kappa shape index (κ1) is 13.2. The lowest BCUT2D eigenvalue weighted by atomic mass is 10.1. The van der Waals surface area contributed by atoms with Crippen LogP contribution in [0.15, 0.2) is 12.5 Å². The fraction of sp³-hybridized carbons (Fsp3) is 0.545. The van der Waals surface area contributed by atoms with Gasteiger partial charge in [0.1, 0.15) is 6.04 Å². The minimum atomic E-state index is -0.685. The Labute approximate surface area is 99.8 Å². The van der Waals surface area contributed by atoms with Gasteiger partial charge in [-0.1, -0.05) is 0 Å². The van der Waals surface area contributed by atoms with Gasteiger partial charge >= 0.3 is 5.97 Å². The number of H-pyrrole nitrogens is 1. The summed E-state index contributed by atoms with van der Waals surface area (Å²) >= 11 is 0. The maximum absolute atomic E-state index is 11.7. The van der Waals surface area contributed by atoms with Crippen molar-refractivity contribution in [3.05, 3.63) is 18.2 Å². The molecule has 0 bridgehead atoms. The van der Waals surface area contributed by atoms with Crippen molar-refractivity contribution in [2.45, 2.75) is 39.3 Å². The van der Waals surface area contributed by atoms with E-state index < -0.39 is 12.0 Å². The fourth-order valence-corrected chi connectivity index (χ4v) is 1.37. The monoisotopic (exact) mass is 239 g/mol. The van der Waals surface area contributed by atoms with Crippen LogP contribution in [0.4, 0.5) is 0 Å². The van der Waals surface area contributed by atoms with Crippen LogP contribution in [-0.4, -0.2) is 34.0 Å². The van der Waals surface area contributed by atoms with E-state index in [0.717, 1.165) is 5.69 Å². The second-order valence-electron chi connectivity index (χ2n) is 4.02. The van der Waals surface area contributed by atoms with Crippen LogP contribution in [-0.2, 0) is 20.7 Å². The number of esters is 1. The number of ether oxygens (including phenoxy) is 1. The lowest BCUT2D eigenvalue weighted by Gasteiger charge is -2.17. The van der Waals surface area contributed by atoms with E-state index in [0.29, 0.717) is 6.42 Å². The molecule has 0 radical (unpaired) electrons. The van der Waals surface area contributed by atoms with Crippen molar-refractivity contribution < 1.29 is 14.3 Å². The minimum Gasteiger partial charge on any atom is -0.461 e. The number of nitrogens with one attached hydrogen (secondary N) is 2. The molecule has 0 aliphatic carbocycles. The van der Waals surface area contributed by atoms with Gasteiger partial charge in [0, 0.05) is 25.2 Å². The van der Waals surface area contributed by atoms with E-state index in [2.05, 4.69) is 15.3 Å². The van der Waals surface area contributed by atoms with Gasteiger partial charge in [-0.3, -0.25) is 4.79 Å². The Morgan fingerprint density at radius 3 is 2.71 bits per heavy atom. The quantitative estimate of drug-likeness (QED) is 0.729. The highest BCUT2D eigenvalue weighted by Crippen LogP contribution is 2.02. The molecule has 1 aromatic heterocycles. The third-order valence-corrected chi connectivity index (χ3v) is 1.99. The zero-order valence-corrected chi connectivity index (χ0v) is 10.2. The third-order valence-electron chi connectivity index (χ3n) is 1.99. The number of amides is 1. The maximum Gasteiger partial charge on any atom is 0.329 e. The minimum absolute atomic E-state index is 0.208. The zero-order valence-electron chi connectivity index (χ0n) is 10.2. The van der Waals surface area contributed by atoms with Crippen LogP contribution in [0.5, 0.6) is 0 Å². The Kier molecular flexibility index (Phi) is 4.68. The first-order chi connectivity index (χ1) is 7.99. The molecule has 0 aliphatic rings. The standard InChI is InChI=1S/C11H17N3O3/c1-7(2)17-11(16)10(14-8(3)15)4-9-5-12-6-13-9/h5-7,10H,4H2,1-3H3,(H,12,13)(H,14,15). The van der Waals surface area contributed by atoms with Crippen LogP contribution < -0.4 is 5.32 Å². The van der Waals surface area contributed by atoms with Gasteiger partial charge in [0.15, 0.2) is 0 Å². The topological polar surface area (TPSA) is 84.1 Å². The maximum atomic E-state index is 11.7. The number of rotatable bonds is 5. The summed E-state index contributed by atoms with van der Waals surface area (Å²) in [7, 11) is 0. The van der Waals surface area contributed by atoms with E-state index >= 15 is 0 Å². The first-order valence-corrected chi connectivity index (χ1v) is 5.44. The van der Waals surface area contributed by atoms with Gasteiger partial charge in [-0.05, 0) is 13.8 Å². The normalized spacial score (nSPS) is 12.2. The summed E-state index contributed by atoms with van der Waals surface area (Å²) in [6.45, 7) is 4.89. The number of aromatic nitrogens is 2. The molecule has 2 N–H and O–H groups in total. The van der Waals surface area contributed by atoms with Gasteiger partial charge in [0.05, 0.1) is 12.4 Å². The second kappa shape index (κ2) is 6.03. The van der Waals surface area contributed by atoms with Crippen molar-refractivity contribution in [1.82, 2.24) is 15.3 Å². The van der Waals surface area contributed by atoms with Crippen LogP contribution in [0.2, 0.25) is 0 Å². The van der Waals surface area contributed by atoms with Crippen molar-refractivity contribution in [1.29, 1.82) is 0 Å². The molecule has 1 aromatic rings. The van der Waals surface area contributed by atoms with Gasteiger partial charge in [-0.2, -0.15) is 0 Å². The largest absolute Gasteiger partial charge is 0.461 e. The second-order valence-corrected chi connectivity index (χ2v) is 4.02. The number of hydrogen-bond acceptors (Lipinski definition) is 4. The highest BCUT2D eigenvalue weighted by atomic mass is 16.5. The lowest BCUT2D eigenvalue weighted by Crippen LogP contribution is -2.43. The molecule has 1 amide bonds. The molecule has 0 saturated heterocycles. The molecular formula is C11H17N3O3. The van der Waals surface area contributed by atoms with Crippen LogP contribution in [0.1, 0.15) is 26.5 Å². The van der Waals surface area contributed by atoms with Crippen molar-refractivity contribution >= 4 is 11.9 Å². The summed E-state index contributed by atoms with van der Waals surface area (Å²) in [5, 5.41) is 2.56. The molecule has 6 heteroatoms. The van der Waals surface area contributed by atoms with Gasteiger partial charge in [-0.15, -0.1) is 0 Å². The molecule has 0 saturated carbocycles. The van der Waals surface area contributed by atoms with E-state index in [1.165, 1.54) is 13.3 Å². The molecule has 0 aliphatic heterocycles. The molecule has 17 heavy (non-hydrogen) atoms. The van der Waals surface area contributed by atoms with Crippen LogP contribution >= 0.6 is 0 Å². The van der Waals surface area contributed by atoms with Crippen molar-refractivity contribution in [2.24, 2.45) is 0 Å². The summed E-state index contributed by atoms with van der Waals surface area (Å²) in [6, 6.07) is -0.685. The van der Waals surface area contributed by atoms with Crippen LogP contribution in [0.3, 0.4) is 0 Å². The van der Waals surface area contributed by atoms with Crippen LogP contribution in [0, 0.1) is 0 Å². The predicted octanol–water partition coefficient (Wildman–Crippen LogP) is 0.408. The number of aromatic amines is 1. The number of carbonyl (C=O) groups is 2. The molecular weight excluding hydrogens is 222 g/mol. The van der Waals surface area contributed by atoms with E-state index in [1.54, 1.807) is 20.0 Å². The van der Waals surface area contributed by atoms with E-state index in [9.17, 15) is 9.59 Å². The Bertz CT molecular complexity index is 373. The van der Waals surface area contributed by atoms with Crippen molar-refractivity contribution in [3.63, 3.8) is 0 Å². The Hall–Kier alpha value is -1.85. The first-order valence-electron chi connectivity index (χ1n) is 5.44. The van der Waals surface area contributed by atoms with Gasteiger partial charge in [-0.25, -0.2) is 9.78 Å². The average molecular weight is 239 g/mol. The van der Waals surface area contributed by atoms with Crippen LogP contribution in [0.25, 0.3) is 0 Å². The molecule has 6 nitrogen and oxygen atoms in total. The lowest BCUT2D eigenvalue weighted by molar-refractivity contribution is -0.151. The summed E-state index contributed by atoms with van der Waals surface area (Å²) in [4.78, 5) is 29.5. The summed E-state index contributed by atoms with van der Waals surface area (Å²) in [5.74, 6) is -0.708. The van der Waals surface area contributed by atoms with Crippen molar-refractivity contribution in [2.75, 3.05) is 0 Å². The number of nitrogens with zero attached hydrogens (tertiary/aromatic N) is 1. The molecule has 0 aromatic carbocycles. The van der Waals surface area contributed by atoms with E-state index in [-0.39, 0.29) is 12.0 Å². The molecule has 1 atom stereocenters. The number of carbonyl (C=O) groups excluding carboxylic acids is 2. The molecule has 1 rings (SSSR count). The zero-order chi connectivity index (χ0) is 12.8. The van der Waals surface area contributed by atoms with Crippen molar-refractivity contribution in [3.8, 4) is 0 Å². The highest BCUT2D eigenvalue weighted by molar-refractivity contribution is 5.83. The summed E-state index contributed by atoms with van der Waals surface area (Å²) in [5.41, 5.74) is 0.768. The Morgan fingerprint density at radius 1 is 1.53 bits per heavy atom. The molecule has 94 valence electrons. The van der Waals surface area contributed by atoms with E-state index in [1.807, 2.05) is 0 Å². The Morgan fingerprint density at radius 2 is 2.24 bits per heavy atom. The van der Waals surface area contributed by atoms with Gasteiger partial charge < -0.3 is 15.0 Å². The highest BCUT2D eigenvalue weighted by Gasteiger charge is 2.22. The molecule has 0 spiro atoms. The van der Waals surface area contributed by atoms with Gasteiger partial charge in [0.25, 0.3) is 0 Å². The smallest absolute Gasteiger partial charge is 0.329 e. The summed E-state index contributed by atoms with van der Waals surface area (Å²) in [6.07, 6.45) is 3.26. The van der Waals surface area contributed by atoms with E-state index in [4.69, 9.17) is 4.74 Å².